The van der Waals surface area contributed by atoms with Crippen LogP contribution in [-0.4, -0.2) is 12.8 Å². The standard InChI is InChI=1S/C24H21Cl2N3O2/c1-2-30-24-12-18(14-28-29-15-20-21(25)7-4-8-22(20)26)9-10-23(24)31-16-19-6-3-5-17(11-19)13-27/h3-12,14,29H,2,15-16H2,1H3/b28-14-. The summed E-state index contributed by atoms with van der Waals surface area (Å²) in [5.41, 5.74) is 6.11. The molecule has 3 aromatic rings. The maximum Gasteiger partial charge on any atom is 0.161 e. The number of hydrogen-bond donors (Lipinski definition) is 1. The summed E-state index contributed by atoms with van der Waals surface area (Å²) >= 11 is 12.3. The summed E-state index contributed by atoms with van der Waals surface area (Å²) in [6, 6.07) is 20.4. The fourth-order valence-corrected chi connectivity index (χ4v) is 3.36. The Balaban J connectivity index is 1.65. The summed E-state index contributed by atoms with van der Waals surface area (Å²) in [7, 11) is 0. The number of nitriles is 1. The molecule has 0 heterocycles. The maximum absolute atomic E-state index is 9.03. The molecule has 0 aromatic heterocycles. The van der Waals surface area contributed by atoms with Crippen molar-refractivity contribution in [1.29, 1.82) is 5.26 Å². The van der Waals surface area contributed by atoms with E-state index in [4.69, 9.17) is 37.9 Å². The molecular weight excluding hydrogens is 433 g/mol. The van der Waals surface area contributed by atoms with Crippen molar-refractivity contribution < 1.29 is 9.47 Å². The number of rotatable bonds is 9. The van der Waals surface area contributed by atoms with E-state index < -0.39 is 0 Å². The summed E-state index contributed by atoms with van der Waals surface area (Å²) in [6.07, 6.45) is 1.69. The van der Waals surface area contributed by atoms with Gasteiger partial charge in [-0.2, -0.15) is 10.4 Å². The molecule has 1 N–H and O–H groups in total. The van der Waals surface area contributed by atoms with E-state index in [2.05, 4.69) is 16.6 Å². The van der Waals surface area contributed by atoms with Crippen LogP contribution in [0, 0.1) is 11.3 Å². The van der Waals surface area contributed by atoms with Crippen molar-refractivity contribution >= 4 is 29.4 Å². The van der Waals surface area contributed by atoms with Gasteiger partial charge in [0.2, 0.25) is 0 Å². The van der Waals surface area contributed by atoms with Crippen LogP contribution in [0.2, 0.25) is 10.0 Å². The van der Waals surface area contributed by atoms with Crippen molar-refractivity contribution in [3.8, 4) is 17.6 Å². The van der Waals surface area contributed by atoms with Crippen molar-refractivity contribution in [2.45, 2.75) is 20.1 Å². The third-order valence-corrected chi connectivity index (χ3v) is 5.05. The zero-order valence-corrected chi connectivity index (χ0v) is 18.5. The number of hydrazone groups is 1. The van der Waals surface area contributed by atoms with Gasteiger partial charge >= 0.3 is 0 Å². The molecule has 5 nitrogen and oxygen atoms in total. The molecule has 158 valence electrons. The van der Waals surface area contributed by atoms with Crippen LogP contribution in [0.3, 0.4) is 0 Å². The number of nitrogens with one attached hydrogen (secondary N) is 1. The molecule has 0 amide bonds. The third kappa shape index (κ3) is 6.39. The van der Waals surface area contributed by atoms with Crippen molar-refractivity contribution in [3.63, 3.8) is 0 Å². The van der Waals surface area contributed by atoms with Gasteiger partial charge in [0.15, 0.2) is 11.5 Å². The van der Waals surface area contributed by atoms with Crippen LogP contribution in [0.1, 0.15) is 29.2 Å². The van der Waals surface area contributed by atoms with Crippen LogP contribution in [0.25, 0.3) is 0 Å². The minimum absolute atomic E-state index is 0.336. The smallest absolute Gasteiger partial charge is 0.161 e. The number of benzene rings is 3. The second-order valence-corrected chi connectivity index (χ2v) is 7.35. The predicted molar refractivity (Wildman–Crippen MR) is 124 cm³/mol. The summed E-state index contributed by atoms with van der Waals surface area (Å²) in [5, 5.41) is 14.5. The predicted octanol–water partition coefficient (Wildman–Crippen LogP) is 5.97. The molecule has 0 saturated carbocycles. The maximum atomic E-state index is 9.03. The molecule has 0 saturated heterocycles. The van der Waals surface area contributed by atoms with Crippen LogP contribution in [0.15, 0.2) is 65.8 Å². The topological polar surface area (TPSA) is 66.6 Å². The molecule has 0 fully saturated rings. The van der Waals surface area contributed by atoms with Gasteiger partial charge in [0.1, 0.15) is 6.61 Å². The molecule has 0 aliphatic carbocycles. The highest BCUT2D eigenvalue weighted by atomic mass is 35.5. The first-order valence-electron chi connectivity index (χ1n) is 9.68. The van der Waals surface area contributed by atoms with E-state index in [9.17, 15) is 0 Å². The zero-order valence-electron chi connectivity index (χ0n) is 16.9. The monoisotopic (exact) mass is 453 g/mol. The number of ether oxygens (including phenoxy) is 2. The van der Waals surface area contributed by atoms with Gasteiger partial charge in [0, 0.05) is 15.6 Å². The summed E-state index contributed by atoms with van der Waals surface area (Å²) in [5.74, 6) is 1.24. The van der Waals surface area contributed by atoms with Crippen molar-refractivity contribution in [2.75, 3.05) is 6.61 Å². The molecule has 0 atom stereocenters. The van der Waals surface area contributed by atoms with E-state index in [0.717, 1.165) is 16.7 Å². The Hall–Kier alpha value is -3.20. The van der Waals surface area contributed by atoms with E-state index in [1.807, 2.05) is 37.3 Å². The van der Waals surface area contributed by atoms with Gasteiger partial charge < -0.3 is 14.9 Å². The molecule has 0 bridgehead atoms. The normalized spacial score (nSPS) is 10.6. The molecule has 3 rings (SSSR count). The van der Waals surface area contributed by atoms with Crippen LogP contribution < -0.4 is 14.9 Å². The molecule has 0 spiro atoms. The van der Waals surface area contributed by atoms with Gasteiger partial charge in [0.05, 0.1) is 31.0 Å². The van der Waals surface area contributed by atoms with Gasteiger partial charge in [-0.15, -0.1) is 0 Å². The fourth-order valence-electron chi connectivity index (χ4n) is 2.83. The van der Waals surface area contributed by atoms with Gasteiger partial charge in [-0.1, -0.05) is 41.4 Å². The molecule has 0 radical (unpaired) electrons. The zero-order chi connectivity index (χ0) is 22.1. The minimum atomic E-state index is 0.336. The molecule has 0 aliphatic rings. The number of hydrogen-bond acceptors (Lipinski definition) is 5. The Kier molecular flexibility index (Phi) is 8.17. The minimum Gasteiger partial charge on any atom is -0.490 e. The van der Waals surface area contributed by atoms with Crippen molar-refractivity contribution in [3.05, 3.63) is 93.0 Å². The van der Waals surface area contributed by atoms with Crippen molar-refractivity contribution in [2.24, 2.45) is 5.10 Å². The van der Waals surface area contributed by atoms with Gasteiger partial charge in [-0.25, -0.2) is 0 Å². The average Bonchev–Trinajstić information content (AvgIpc) is 2.78. The average molecular weight is 454 g/mol. The first kappa shape index (κ1) is 22.5. The highest BCUT2D eigenvalue weighted by Crippen LogP contribution is 2.29. The van der Waals surface area contributed by atoms with Crippen LogP contribution in [0.4, 0.5) is 0 Å². The third-order valence-electron chi connectivity index (χ3n) is 4.34. The second-order valence-electron chi connectivity index (χ2n) is 6.53. The highest BCUT2D eigenvalue weighted by Gasteiger charge is 2.07. The van der Waals surface area contributed by atoms with E-state index in [1.165, 1.54) is 0 Å². The Labute approximate surface area is 191 Å². The number of halogens is 2. The lowest BCUT2D eigenvalue weighted by Crippen LogP contribution is -2.07. The van der Waals surface area contributed by atoms with Gasteiger partial charge in [-0.05, 0) is 60.5 Å². The summed E-state index contributed by atoms with van der Waals surface area (Å²) in [4.78, 5) is 0. The lowest BCUT2D eigenvalue weighted by Gasteiger charge is -2.13. The quantitative estimate of drug-likeness (QED) is 0.320. The van der Waals surface area contributed by atoms with Gasteiger partial charge in [0.25, 0.3) is 0 Å². The largest absolute Gasteiger partial charge is 0.490 e. The van der Waals surface area contributed by atoms with E-state index in [0.29, 0.717) is 46.9 Å². The molecular formula is C24H21Cl2N3O2. The SMILES string of the molecule is CCOc1cc(/C=N\NCc2c(Cl)cccc2Cl)ccc1OCc1cccc(C#N)c1. The Morgan fingerprint density at radius 1 is 1.00 bits per heavy atom. The fraction of sp³-hybridized carbons (Fsp3) is 0.167. The Bertz CT molecular complexity index is 1090. The van der Waals surface area contributed by atoms with Crippen LogP contribution >= 0.6 is 23.2 Å². The molecule has 0 unspecified atom stereocenters. The molecule has 0 aliphatic heterocycles. The van der Waals surface area contributed by atoms with E-state index >= 15 is 0 Å². The van der Waals surface area contributed by atoms with E-state index in [1.54, 1.807) is 36.5 Å². The molecule has 7 heteroatoms. The first-order chi connectivity index (χ1) is 15.1. The van der Waals surface area contributed by atoms with Crippen LogP contribution in [0.5, 0.6) is 11.5 Å². The summed E-state index contributed by atoms with van der Waals surface area (Å²) < 4.78 is 11.6. The van der Waals surface area contributed by atoms with Gasteiger partial charge in [-0.3, -0.25) is 0 Å². The first-order valence-corrected chi connectivity index (χ1v) is 10.4. The lowest BCUT2D eigenvalue weighted by molar-refractivity contribution is 0.269. The van der Waals surface area contributed by atoms with Crippen LogP contribution in [-0.2, 0) is 13.2 Å². The van der Waals surface area contributed by atoms with Crippen molar-refractivity contribution in [1.82, 2.24) is 5.43 Å². The summed E-state index contributed by atoms with van der Waals surface area (Å²) in [6.45, 7) is 3.17. The Morgan fingerprint density at radius 2 is 1.77 bits per heavy atom. The van der Waals surface area contributed by atoms with E-state index in [-0.39, 0.29) is 0 Å². The second kappa shape index (κ2) is 11.3. The lowest BCUT2D eigenvalue weighted by atomic mass is 10.1. The highest BCUT2D eigenvalue weighted by molar-refractivity contribution is 6.35. The molecule has 3 aromatic carbocycles. The molecule has 31 heavy (non-hydrogen) atoms. The number of nitrogens with zero attached hydrogens (tertiary/aromatic N) is 2. The Morgan fingerprint density at radius 3 is 2.52 bits per heavy atom.